The van der Waals surface area contributed by atoms with Gasteiger partial charge in [0.15, 0.2) is 10.7 Å². The van der Waals surface area contributed by atoms with E-state index in [-0.39, 0.29) is 44.5 Å². The van der Waals surface area contributed by atoms with Gasteiger partial charge in [0.05, 0.1) is 25.4 Å². The summed E-state index contributed by atoms with van der Waals surface area (Å²) in [7, 11) is 1.61. The van der Waals surface area contributed by atoms with Crippen LogP contribution in [0, 0.1) is 11.2 Å². The highest BCUT2D eigenvalue weighted by Crippen LogP contribution is 2.38. The van der Waals surface area contributed by atoms with Crippen LogP contribution in [-0.2, 0) is 22.6 Å². The minimum absolute atomic E-state index is 0.0651. The molecule has 12 heteroatoms. The summed E-state index contributed by atoms with van der Waals surface area (Å²) in [5, 5.41) is 16.8. The number of carbonyl (C=O) groups excluding carboxylic acids is 2. The summed E-state index contributed by atoms with van der Waals surface area (Å²) >= 11 is 1.20. The van der Waals surface area contributed by atoms with Gasteiger partial charge >= 0.3 is 12.1 Å². The van der Waals surface area contributed by atoms with Crippen LogP contribution in [0.2, 0.25) is 0 Å². The SMILES string of the molecule is CN(Cc1csc(NC(=O)NCc2cccc(F)c2)n1)C(=O)C1(C(C)(C)C)CN(C(=O)O)CCO1. The minimum Gasteiger partial charge on any atom is -0.465 e. The summed E-state index contributed by atoms with van der Waals surface area (Å²) in [6.45, 7) is 6.10. The van der Waals surface area contributed by atoms with Gasteiger partial charge in [0.2, 0.25) is 0 Å². The number of ether oxygens (including phenoxy) is 1. The second kappa shape index (κ2) is 10.6. The van der Waals surface area contributed by atoms with E-state index < -0.39 is 23.1 Å². The molecule has 0 aliphatic carbocycles. The number of hydrogen-bond donors (Lipinski definition) is 3. The van der Waals surface area contributed by atoms with Crippen LogP contribution < -0.4 is 10.6 Å². The zero-order valence-electron chi connectivity index (χ0n) is 20.1. The van der Waals surface area contributed by atoms with E-state index in [0.29, 0.717) is 16.4 Å². The third kappa shape index (κ3) is 6.25. The fourth-order valence-electron chi connectivity index (χ4n) is 3.82. The van der Waals surface area contributed by atoms with Crippen molar-refractivity contribution in [3.63, 3.8) is 0 Å². The Bertz CT molecular complexity index is 1090. The lowest BCUT2D eigenvalue weighted by Gasteiger charge is -2.49. The standard InChI is InChI=1S/C23H30FN5O5S/c1-22(2,3)23(14-29(21(32)33)8-9-34-23)18(30)28(4)12-17-13-35-20(26-17)27-19(31)25-11-15-6-5-7-16(24)10-15/h5-7,10,13H,8-9,11-12,14H2,1-4H3,(H,32,33)(H2,25,26,27,31). The molecule has 2 aromatic rings. The van der Waals surface area contributed by atoms with Crippen molar-refractivity contribution < 1.29 is 28.6 Å². The lowest BCUT2D eigenvalue weighted by atomic mass is 9.74. The summed E-state index contributed by atoms with van der Waals surface area (Å²) in [5.74, 6) is -0.721. The Morgan fingerprint density at radius 1 is 1.34 bits per heavy atom. The highest BCUT2D eigenvalue weighted by Gasteiger charge is 2.54. The molecule has 1 aliphatic heterocycles. The van der Waals surface area contributed by atoms with E-state index in [9.17, 15) is 23.9 Å². The van der Waals surface area contributed by atoms with E-state index >= 15 is 0 Å². The molecular weight excluding hydrogens is 477 g/mol. The van der Waals surface area contributed by atoms with Gasteiger partial charge in [-0.2, -0.15) is 0 Å². The second-order valence-corrected chi connectivity index (χ2v) is 10.2. The largest absolute Gasteiger partial charge is 0.465 e. The number of morpholine rings is 1. The van der Waals surface area contributed by atoms with Crippen LogP contribution in [0.4, 0.5) is 19.1 Å². The van der Waals surface area contributed by atoms with Crippen LogP contribution in [0.3, 0.4) is 0 Å². The van der Waals surface area contributed by atoms with Crippen molar-refractivity contribution in [1.29, 1.82) is 0 Å². The van der Waals surface area contributed by atoms with Crippen LogP contribution in [-0.4, -0.2) is 70.3 Å². The number of hydrogen-bond acceptors (Lipinski definition) is 6. The molecule has 0 bridgehead atoms. The van der Waals surface area contributed by atoms with E-state index in [1.54, 1.807) is 24.6 Å². The quantitative estimate of drug-likeness (QED) is 0.551. The number of aromatic nitrogens is 1. The van der Waals surface area contributed by atoms with Crippen molar-refractivity contribution in [2.75, 3.05) is 32.1 Å². The Morgan fingerprint density at radius 3 is 2.74 bits per heavy atom. The van der Waals surface area contributed by atoms with Gasteiger partial charge in [0, 0.05) is 30.9 Å². The molecule has 4 amide bonds. The van der Waals surface area contributed by atoms with E-state index in [2.05, 4.69) is 15.6 Å². The topological polar surface area (TPSA) is 124 Å². The van der Waals surface area contributed by atoms with E-state index in [1.807, 2.05) is 20.8 Å². The number of amides is 4. The molecule has 1 fully saturated rings. The highest BCUT2D eigenvalue weighted by atomic mass is 32.1. The highest BCUT2D eigenvalue weighted by molar-refractivity contribution is 7.13. The average Bonchev–Trinajstić information content (AvgIpc) is 3.22. The number of carboxylic acid groups (broad SMARTS) is 1. The zero-order valence-corrected chi connectivity index (χ0v) is 20.9. The molecule has 1 aromatic heterocycles. The van der Waals surface area contributed by atoms with Crippen LogP contribution in [0.15, 0.2) is 29.6 Å². The maximum absolute atomic E-state index is 13.5. The molecule has 1 aromatic carbocycles. The zero-order chi connectivity index (χ0) is 25.8. The fourth-order valence-corrected chi connectivity index (χ4v) is 4.52. The molecule has 2 heterocycles. The lowest BCUT2D eigenvalue weighted by Crippen LogP contribution is -2.66. The maximum atomic E-state index is 13.5. The summed E-state index contributed by atoms with van der Waals surface area (Å²) in [6, 6.07) is 5.44. The summed E-state index contributed by atoms with van der Waals surface area (Å²) in [4.78, 5) is 44.3. The third-order valence-corrected chi connectivity index (χ3v) is 6.62. The lowest BCUT2D eigenvalue weighted by molar-refractivity contribution is -0.190. The van der Waals surface area contributed by atoms with Gasteiger partial charge in [-0.25, -0.2) is 19.0 Å². The predicted octanol–water partition coefficient (Wildman–Crippen LogP) is 3.36. The van der Waals surface area contributed by atoms with Gasteiger partial charge in [0.1, 0.15) is 5.82 Å². The number of carbonyl (C=O) groups is 3. The van der Waals surface area contributed by atoms with Crippen molar-refractivity contribution in [3.05, 3.63) is 46.7 Å². The first kappa shape index (κ1) is 26.4. The summed E-state index contributed by atoms with van der Waals surface area (Å²) in [5.41, 5.74) is -0.826. The molecule has 10 nitrogen and oxygen atoms in total. The Morgan fingerprint density at radius 2 is 2.09 bits per heavy atom. The average molecular weight is 508 g/mol. The number of rotatable bonds is 6. The molecule has 3 rings (SSSR count). The van der Waals surface area contributed by atoms with Gasteiger partial charge in [-0.15, -0.1) is 11.3 Å². The molecule has 1 atom stereocenters. The predicted molar refractivity (Wildman–Crippen MR) is 129 cm³/mol. The van der Waals surface area contributed by atoms with Crippen LogP contribution in [0.25, 0.3) is 0 Å². The van der Waals surface area contributed by atoms with Gasteiger partial charge in [-0.1, -0.05) is 32.9 Å². The van der Waals surface area contributed by atoms with E-state index in [1.165, 1.54) is 33.3 Å². The smallest absolute Gasteiger partial charge is 0.407 e. The first-order chi connectivity index (χ1) is 16.4. The number of nitrogens with one attached hydrogen (secondary N) is 2. The van der Waals surface area contributed by atoms with E-state index in [4.69, 9.17) is 4.74 Å². The van der Waals surface area contributed by atoms with Crippen molar-refractivity contribution in [2.45, 2.75) is 39.5 Å². The first-order valence-electron chi connectivity index (χ1n) is 11.0. The molecule has 1 unspecified atom stereocenters. The van der Waals surface area contributed by atoms with Gasteiger partial charge < -0.3 is 25.0 Å². The van der Waals surface area contributed by atoms with Crippen LogP contribution in [0.5, 0.6) is 0 Å². The first-order valence-corrected chi connectivity index (χ1v) is 11.9. The van der Waals surface area contributed by atoms with Crippen molar-refractivity contribution >= 4 is 34.5 Å². The molecule has 3 N–H and O–H groups in total. The molecule has 35 heavy (non-hydrogen) atoms. The number of halogens is 1. The number of nitrogens with zero attached hydrogens (tertiary/aromatic N) is 3. The van der Waals surface area contributed by atoms with Gasteiger partial charge in [0.25, 0.3) is 5.91 Å². The second-order valence-electron chi connectivity index (χ2n) is 9.37. The number of likely N-dealkylation sites (N-methyl/N-ethyl adjacent to an activating group) is 1. The Kier molecular flexibility index (Phi) is 7.96. The third-order valence-electron chi connectivity index (χ3n) is 5.81. The number of thiazole rings is 1. The molecule has 0 spiro atoms. The fraction of sp³-hybridized carbons (Fsp3) is 0.478. The van der Waals surface area contributed by atoms with Crippen molar-refractivity contribution in [3.8, 4) is 0 Å². The molecule has 1 aliphatic rings. The molecule has 190 valence electrons. The Hall–Kier alpha value is -3.25. The van der Waals surface area contributed by atoms with Crippen LogP contribution >= 0.6 is 11.3 Å². The normalized spacial score (nSPS) is 18.1. The Labute approximate surface area is 207 Å². The van der Waals surface area contributed by atoms with Gasteiger partial charge in [-0.3, -0.25) is 10.1 Å². The van der Waals surface area contributed by atoms with E-state index in [0.717, 1.165) is 0 Å². The molecule has 1 saturated heterocycles. The summed E-state index contributed by atoms with van der Waals surface area (Å²) < 4.78 is 19.2. The molecular formula is C23H30FN5O5S. The monoisotopic (exact) mass is 507 g/mol. The summed E-state index contributed by atoms with van der Waals surface area (Å²) in [6.07, 6.45) is -1.09. The molecule has 0 radical (unpaired) electrons. The van der Waals surface area contributed by atoms with Crippen molar-refractivity contribution in [2.24, 2.45) is 5.41 Å². The maximum Gasteiger partial charge on any atom is 0.407 e. The van der Waals surface area contributed by atoms with Crippen LogP contribution in [0.1, 0.15) is 32.0 Å². The number of anilines is 1. The van der Waals surface area contributed by atoms with Gasteiger partial charge in [-0.05, 0) is 17.7 Å². The number of benzene rings is 1. The number of urea groups is 1. The van der Waals surface area contributed by atoms with Crippen molar-refractivity contribution in [1.82, 2.24) is 20.1 Å². The Balaban J connectivity index is 1.62. The minimum atomic E-state index is -1.34. The molecule has 0 saturated carbocycles.